The van der Waals surface area contributed by atoms with Gasteiger partial charge in [0.15, 0.2) is 0 Å². The number of methoxy groups -OCH3 is 1. The molecule has 0 rings (SSSR count). The van der Waals surface area contributed by atoms with E-state index in [4.69, 9.17) is 9.84 Å². The van der Waals surface area contributed by atoms with Crippen LogP contribution in [0.2, 0.25) is 0 Å². The topological polar surface area (TPSA) is 75.6 Å². The molecule has 1 amide bonds. The van der Waals surface area contributed by atoms with Gasteiger partial charge in [-0.15, -0.1) is 11.8 Å². The number of carbonyl (C=O) groups excluding carboxylic acids is 1. The fourth-order valence-electron chi connectivity index (χ4n) is 0.987. The molecule has 0 saturated carbocycles. The second-order valence-electron chi connectivity index (χ2n) is 3.25. The summed E-state index contributed by atoms with van der Waals surface area (Å²) in [6.45, 7) is 1.20. The Morgan fingerprint density at radius 1 is 1.38 bits per heavy atom. The first kappa shape index (κ1) is 15.2. The number of amides is 1. The number of hydrogen-bond acceptors (Lipinski definition) is 4. The number of rotatable bonds is 10. The van der Waals surface area contributed by atoms with E-state index in [1.165, 1.54) is 11.8 Å². The van der Waals surface area contributed by atoms with Gasteiger partial charge in [0.2, 0.25) is 5.91 Å². The third-order valence-electron chi connectivity index (χ3n) is 1.80. The van der Waals surface area contributed by atoms with Gasteiger partial charge in [0.05, 0.1) is 12.4 Å². The fourth-order valence-corrected chi connectivity index (χ4v) is 1.70. The Balaban J connectivity index is 3.20. The number of thioether (sulfide) groups is 1. The maximum absolute atomic E-state index is 11.2. The number of carbonyl (C=O) groups is 2. The van der Waals surface area contributed by atoms with Gasteiger partial charge in [-0.1, -0.05) is 0 Å². The molecule has 0 atom stereocenters. The van der Waals surface area contributed by atoms with Gasteiger partial charge in [0, 0.05) is 25.8 Å². The second kappa shape index (κ2) is 10.8. The van der Waals surface area contributed by atoms with Crippen molar-refractivity contribution < 1.29 is 19.4 Å². The van der Waals surface area contributed by atoms with Crippen LogP contribution in [-0.4, -0.2) is 48.8 Å². The molecule has 94 valence electrons. The van der Waals surface area contributed by atoms with Gasteiger partial charge in [-0.3, -0.25) is 9.59 Å². The number of unbranched alkanes of at least 4 members (excludes halogenated alkanes) is 1. The van der Waals surface area contributed by atoms with Crippen LogP contribution >= 0.6 is 11.8 Å². The molecule has 0 aliphatic carbocycles. The molecule has 0 radical (unpaired) electrons. The van der Waals surface area contributed by atoms with Gasteiger partial charge in [0.1, 0.15) is 0 Å². The third kappa shape index (κ3) is 11.3. The first-order chi connectivity index (χ1) is 7.66. The van der Waals surface area contributed by atoms with Crippen LogP contribution in [0.5, 0.6) is 0 Å². The molecule has 0 bridgehead atoms. The van der Waals surface area contributed by atoms with Crippen LogP contribution in [0.4, 0.5) is 0 Å². The van der Waals surface area contributed by atoms with Gasteiger partial charge in [-0.2, -0.15) is 0 Å². The predicted molar refractivity (Wildman–Crippen MR) is 63.7 cm³/mol. The van der Waals surface area contributed by atoms with Crippen molar-refractivity contribution in [2.24, 2.45) is 0 Å². The standard InChI is InChI=1S/C10H19NO4S/c1-15-6-7-16-8-9(12)11-5-3-2-4-10(13)14/h2-8H2,1H3,(H,11,12)(H,13,14). The maximum atomic E-state index is 11.2. The largest absolute Gasteiger partial charge is 0.481 e. The highest BCUT2D eigenvalue weighted by Crippen LogP contribution is 1.99. The zero-order chi connectivity index (χ0) is 12.2. The quantitative estimate of drug-likeness (QED) is 0.558. The Bertz CT molecular complexity index is 211. The van der Waals surface area contributed by atoms with Gasteiger partial charge in [0.25, 0.3) is 0 Å². The molecule has 0 spiro atoms. The Morgan fingerprint density at radius 3 is 2.75 bits per heavy atom. The van der Waals surface area contributed by atoms with E-state index in [0.717, 1.165) is 5.75 Å². The summed E-state index contributed by atoms with van der Waals surface area (Å²) in [5.41, 5.74) is 0. The molecule has 0 aromatic rings. The lowest BCUT2D eigenvalue weighted by atomic mass is 10.2. The Hall–Kier alpha value is -0.750. The molecule has 0 fully saturated rings. The predicted octanol–water partition coefficient (Wildman–Crippen LogP) is 0.737. The average molecular weight is 249 g/mol. The zero-order valence-electron chi connectivity index (χ0n) is 9.53. The number of hydrogen-bond donors (Lipinski definition) is 2. The van der Waals surface area contributed by atoms with Gasteiger partial charge in [-0.25, -0.2) is 0 Å². The molecule has 0 aliphatic heterocycles. The lowest BCUT2D eigenvalue weighted by Crippen LogP contribution is -2.26. The van der Waals surface area contributed by atoms with Crippen molar-refractivity contribution in [3.63, 3.8) is 0 Å². The molecule has 2 N–H and O–H groups in total. The Labute approximate surface area is 99.9 Å². The summed E-state index contributed by atoms with van der Waals surface area (Å²) in [7, 11) is 1.63. The summed E-state index contributed by atoms with van der Waals surface area (Å²) in [6.07, 6.45) is 1.48. The van der Waals surface area contributed by atoms with E-state index in [2.05, 4.69) is 5.32 Å². The highest BCUT2D eigenvalue weighted by atomic mass is 32.2. The van der Waals surface area contributed by atoms with Crippen LogP contribution < -0.4 is 5.32 Å². The molecular formula is C10H19NO4S. The summed E-state index contributed by atoms with van der Waals surface area (Å²) >= 11 is 1.52. The van der Waals surface area contributed by atoms with Crippen LogP contribution in [0, 0.1) is 0 Å². The summed E-state index contributed by atoms with van der Waals surface area (Å²) in [6, 6.07) is 0. The molecule has 0 saturated heterocycles. The SMILES string of the molecule is COCCSCC(=O)NCCCCC(=O)O. The number of nitrogens with one attached hydrogen (secondary N) is 1. The monoisotopic (exact) mass is 249 g/mol. The molecule has 16 heavy (non-hydrogen) atoms. The van der Waals surface area contributed by atoms with Gasteiger partial charge < -0.3 is 15.2 Å². The first-order valence-corrected chi connectivity index (χ1v) is 6.37. The fraction of sp³-hybridized carbons (Fsp3) is 0.800. The van der Waals surface area contributed by atoms with Crippen molar-refractivity contribution in [1.82, 2.24) is 5.32 Å². The lowest BCUT2D eigenvalue weighted by molar-refractivity contribution is -0.137. The highest BCUT2D eigenvalue weighted by Gasteiger charge is 2.01. The Kier molecular flexibility index (Phi) is 10.3. The molecule has 0 aliphatic rings. The van der Waals surface area contributed by atoms with E-state index in [1.807, 2.05) is 0 Å². The van der Waals surface area contributed by atoms with Crippen molar-refractivity contribution in [3.8, 4) is 0 Å². The summed E-state index contributed by atoms with van der Waals surface area (Å²) in [4.78, 5) is 21.4. The van der Waals surface area contributed by atoms with Crippen molar-refractivity contribution >= 4 is 23.6 Å². The minimum atomic E-state index is -0.790. The van der Waals surface area contributed by atoms with Gasteiger partial charge >= 0.3 is 5.97 Å². The number of carboxylic acid groups (broad SMARTS) is 1. The normalized spacial score (nSPS) is 10.1. The second-order valence-corrected chi connectivity index (χ2v) is 4.35. The van der Waals surface area contributed by atoms with Crippen molar-refractivity contribution in [2.45, 2.75) is 19.3 Å². The number of aliphatic carboxylic acids is 1. The van der Waals surface area contributed by atoms with Crippen molar-refractivity contribution in [1.29, 1.82) is 0 Å². The zero-order valence-corrected chi connectivity index (χ0v) is 10.3. The average Bonchev–Trinajstić information content (AvgIpc) is 2.23. The van der Waals surface area contributed by atoms with Crippen LogP contribution in [0.1, 0.15) is 19.3 Å². The van der Waals surface area contributed by atoms with E-state index in [9.17, 15) is 9.59 Å². The lowest BCUT2D eigenvalue weighted by Gasteiger charge is -2.04. The van der Waals surface area contributed by atoms with Crippen molar-refractivity contribution in [2.75, 3.05) is 31.8 Å². The van der Waals surface area contributed by atoms with Crippen molar-refractivity contribution in [3.05, 3.63) is 0 Å². The van der Waals surface area contributed by atoms with E-state index in [0.29, 0.717) is 31.7 Å². The smallest absolute Gasteiger partial charge is 0.303 e. The summed E-state index contributed by atoms with van der Waals surface area (Å²) in [5.74, 6) is 0.448. The summed E-state index contributed by atoms with van der Waals surface area (Å²) < 4.78 is 4.85. The molecule has 0 aromatic heterocycles. The third-order valence-corrected chi connectivity index (χ3v) is 2.73. The van der Waals surface area contributed by atoms with E-state index in [1.54, 1.807) is 7.11 Å². The number of ether oxygens (including phenoxy) is 1. The molecule has 0 heterocycles. The molecule has 6 heteroatoms. The van der Waals surface area contributed by atoms with Crippen LogP contribution in [0.15, 0.2) is 0 Å². The Morgan fingerprint density at radius 2 is 2.12 bits per heavy atom. The highest BCUT2D eigenvalue weighted by molar-refractivity contribution is 7.99. The molecule has 5 nitrogen and oxygen atoms in total. The van der Waals surface area contributed by atoms with Crippen LogP contribution in [0.3, 0.4) is 0 Å². The summed E-state index contributed by atoms with van der Waals surface area (Å²) in [5, 5.41) is 11.1. The minimum absolute atomic E-state index is 0.00331. The number of carboxylic acids is 1. The molecular weight excluding hydrogens is 230 g/mol. The minimum Gasteiger partial charge on any atom is -0.481 e. The van der Waals surface area contributed by atoms with E-state index >= 15 is 0 Å². The molecule has 0 unspecified atom stereocenters. The van der Waals surface area contributed by atoms with Gasteiger partial charge in [-0.05, 0) is 12.8 Å². The maximum Gasteiger partial charge on any atom is 0.303 e. The van der Waals surface area contributed by atoms with Crippen LogP contribution in [-0.2, 0) is 14.3 Å². The first-order valence-electron chi connectivity index (χ1n) is 5.22. The molecule has 0 aromatic carbocycles. The van der Waals surface area contributed by atoms with E-state index < -0.39 is 5.97 Å². The van der Waals surface area contributed by atoms with Crippen LogP contribution in [0.25, 0.3) is 0 Å². The van der Waals surface area contributed by atoms with E-state index in [-0.39, 0.29) is 12.3 Å².